The summed E-state index contributed by atoms with van der Waals surface area (Å²) in [4.78, 5) is 28.2. The van der Waals surface area contributed by atoms with Gasteiger partial charge in [-0.25, -0.2) is 4.98 Å². The first-order valence-corrected chi connectivity index (χ1v) is 9.01. The van der Waals surface area contributed by atoms with E-state index in [0.717, 1.165) is 27.9 Å². The third-order valence-electron chi connectivity index (χ3n) is 5.19. The number of amides is 1. The average molecular weight is 379 g/mol. The number of ether oxygens (including phenoxy) is 2. The Balaban J connectivity index is 1.60. The summed E-state index contributed by atoms with van der Waals surface area (Å²) in [7, 11) is 4.95. The molecule has 4 rings (SSSR count). The maximum atomic E-state index is 12.3. The van der Waals surface area contributed by atoms with Gasteiger partial charge in [0.1, 0.15) is 11.6 Å². The molecule has 0 bridgehead atoms. The molecule has 0 radical (unpaired) electrons. The van der Waals surface area contributed by atoms with E-state index in [0.29, 0.717) is 12.2 Å². The number of benzene rings is 1. The first kappa shape index (κ1) is 18.0. The molecule has 1 aliphatic rings. The van der Waals surface area contributed by atoms with Crippen LogP contribution in [0.4, 0.5) is 5.82 Å². The molecule has 7 nitrogen and oxygen atoms in total. The lowest BCUT2D eigenvalue weighted by Crippen LogP contribution is -2.18. The highest BCUT2D eigenvalue weighted by molar-refractivity contribution is 5.99. The predicted octanol–water partition coefficient (Wildman–Crippen LogP) is 3.00. The number of carbonyl (C=O) groups excluding carboxylic acids is 2. The van der Waals surface area contributed by atoms with Crippen LogP contribution in [0.5, 0.6) is 5.75 Å². The van der Waals surface area contributed by atoms with Crippen LogP contribution in [-0.2, 0) is 21.4 Å². The minimum absolute atomic E-state index is 0.205. The van der Waals surface area contributed by atoms with E-state index in [2.05, 4.69) is 10.3 Å². The van der Waals surface area contributed by atoms with Crippen molar-refractivity contribution in [1.82, 2.24) is 9.55 Å². The molecule has 3 aromatic rings. The third-order valence-corrected chi connectivity index (χ3v) is 5.19. The highest BCUT2D eigenvalue weighted by Crippen LogP contribution is 2.40. The van der Waals surface area contributed by atoms with Crippen molar-refractivity contribution < 1.29 is 19.1 Å². The summed E-state index contributed by atoms with van der Waals surface area (Å²) >= 11 is 0. The number of hydrogen-bond acceptors (Lipinski definition) is 5. The first-order valence-electron chi connectivity index (χ1n) is 9.01. The molecule has 2 aromatic heterocycles. The highest BCUT2D eigenvalue weighted by atomic mass is 16.5. The van der Waals surface area contributed by atoms with Crippen LogP contribution in [0.1, 0.15) is 6.42 Å². The molecule has 1 aliphatic carbocycles. The third kappa shape index (κ3) is 3.09. The maximum absolute atomic E-state index is 12.3. The fourth-order valence-electron chi connectivity index (χ4n) is 3.53. The van der Waals surface area contributed by atoms with Crippen molar-refractivity contribution in [2.45, 2.75) is 6.42 Å². The first-order chi connectivity index (χ1) is 13.5. The topological polar surface area (TPSA) is 82.5 Å². The van der Waals surface area contributed by atoms with E-state index in [9.17, 15) is 9.59 Å². The average Bonchev–Trinajstić information content (AvgIpc) is 3.46. The van der Waals surface area contributed by atoms with Crippen molar-refractivity contribution in [3.05, 3.63) is 42.6 Å². The van der Waals surface area contributed by atoms with E-state index in [1.165, 1.54) is 7.11 Å². The molecule has 2 heterocycles. The molecule has 1 aromatic carbocycles. The van der Waals surface area contributed by atoms with E-state index in [1.807, 2.05) is 48.0 Å². The lowest BCUT2D eigenvalue weighted by Gasteiger charge is -2.09. The van der Waals surface area contributed by atoms with Gasteiger partial charge in [-0.15, -0.1) is 0 Å². The number of nitrogens with one attached hydrogen (secondary N) is 1. The van der Waals surface area contributed by atoms with Gasteiger partial charge in [0.2, 0.25) is 5.91 Å². The number of methoxy groups -OCH3 is 2. The molecular formula is C21H21N3O4. The number of hydrogen-bond donors (Lipinski definition) is 1. The van der Waals surface area contributed by atoms with E-state index >= 15 is 0 Å². The Labute approximate surface area is 162 Å². The van der Waals surface area contributed by atoms with Crippen molar-refractivity contribution in [3.8, 4) is 17.0 Å². The molecule has 7 heteroatoms. The lowest BCUT2D eigenvalue weighted by atomic mass is 10.1. The van der Waals surface area contributed by atoms with Crippen molar-refractivity contribution in [2.24, 2.45) is 18.9 Å². The summed E-state index contributed by atoms with van der Waals surface area (Å²) in [6.07, 6.45) is 2.25. The second-order valence-electron chi connectivity index (χ2n) is 6.88. The lowest BCUT2D eigenvalue weighted by molar-refractivity contribution is -0.143. The van der Waals surface area contributed by atoms with Crippen LogP contribution in [0, 0.1) is 11.8 Å². The fourth-order valence-corrected chi connectivity index (χ4v) is 3.53. The molecule has 1 amide bonds. The van der Waals surface area contributed by atoms with Gasteiger partial charge in [-0.2, -0.15) is 0 Å². The fraction of sp³-hybridized carbons (Fsp3) is 0.286. The molecule has 0 aliphatic heterocycles. The number of para-hydroxylation sites is 1. The molecule has 2 unspecified atom stereocenters. The molecule has 1 saturated carbocycles. The van der Waals surface area contributed by atoms with Gasteiger partial charge in [0, 0.05) is 18.0 Å². The standard InChI is InChI=1S/C21H21N3O4/c1-24-16(13-6-4-5-7-18(13)27-2)8-12-9-19(22-11-17(12)24)23-20(25)14-10-15(14)21(26)28-3/h4-9,11,14-15H,10H2,1-3H3,(H,22,23,25). The van der Waals surface area contributed by atoms with E-state index < -0.39 is 0 Å². The van der Waals surface area contributed by atoms with Gasteiger partial charge in [-0.1, -0.05) is 12.1 Å². The van der Waals surface area contributed by atoms with Crippen LogP contribution < -0.4 is 10.1 Å². The molecular weight excluding hydrogens is 358 g/mol. The number of carbonyl (C=O) groups is 2. The van der Waals surface area contributed by atoms with Crippen LogP contribution in [-0.4, -0.2) is 35.6 Å². The molecule has 28 heavy (non-hydrogen) atoms. The molecule has 1 fully saturated rings. The summed E-state index contributed by atoms with van der Waals surface area (Å²) in [6.45, 7) is 0. The number of aryl methyl sites for hydroxylation is 1. The van der Waals surface area contributed by atoms with Crippen molar-refractivity contribution in [3.63, 3.8) is 0 Å². The Morgan fingerprint density at radius 1 is 1.18 bits per heavy atom. The SMILES string of the molecule is COC(=O)C1CC1C(=O)Nc1cc2cc(-c3ccccc3OC)n(C)c2cn1. The van der Waals surface area contributed by atoms with Gasteiger partial charge in [-0.05, 0) is 30.7 Å². The van der Waals surface area contributed by atoms with Crippen molar-refractivity contribution in [1.29, 1.82) is 0 Å². The molecule has 1 N–H and O–H groups in total. The Kier molecular flexibility index (Phi) is 4.50. The van der Waals surface area contributed by atoms with Crippen LogP contribution in [0.2, 0.25) is 0 Å². The van der Waals surface area contributed by atoms with Gasteiger partial charge < -0.3 is 19.4 Å². The minimum Gasteiger partial charge on any atom is -0.496 e. The van der Waals surface area contributed by atoms with Crippen LogP contribution >= 0.6 is 0 Å². The van der Waals surface area contributed by atoms with Gasteiger partial charge in [0.25, 0.3) is 0 Å². The Hall–Kier alpha value is -3.35. The summed E-state index contributed by atoms with van der Waals surface area (Å²) < 4.78 is 12.2. The number of anilines is 1. The second-order valence-corrected chi connectivity index (χ2v) is 6.88. The number of pyridine rings is 1. The maximum Gasteiger partial charge on any atom is 0.309 e. The van der Waals surface area contributed by atoms with Crippen LogP contribution in [0.3, 0.4) is 0 Å². The van der Waals surface area contributed by atoms with Crippen LogP contribution in [0.25, 0.3) is 22.2 Å². The van der Waals surface area contributed by atoms with Gasteiger partial charge in [0.15, 0.2) is 0 Å². The highest BCUT2D eigenvalue weighted by Gasteiger charge is 2.49. The zero-order chi connectivity index (χ0) is 19.8. The zero-order valence-corrected chi connectivity index (χ0v) is 15.9. The molecule has 144 valence electrons. The number of nitrogens with zero attached hydrogens (tertiary/aromatic N) is 2. The summed E-state index contributed by atoms with van der Waals surface area (Å²) in [5, 5.41) is 3.76. The summed E-state index contributed by atoms with van der Waals surface area (Å²) in [6, 6.07) is 11.7. The Bertz CT molecular complexity index is 1070. The van der Waals surface area contributed by atoms with Crippen molar-refractivity contribution >= 4 is 28.6 Å². The molecule has 0 saturated heterocycles. The Morgan fingerprint density at radius 3 is 2.71 bits per heavy atom. The van der Waals surface area contributed by atoms with Crippen molar-refractivity contribution in [2.75, 3.05) is 19.5 Å². The minimum atomic E-state index is -0.345. The normalized spacial score (nSPS) is 18.0. The molecule has 2 atom stereocenters. The molecule has 0 spiro atoms. The number of aromatic nitrogens is 2. The number of fused-ring (bicyclic) bond motifs is 1. The number of rotatable bonds is 5. The van der Waals surface area contributed by atoms with E-state index in [1.54, 1.807) is 13.3 Å². The summed E-state index contributed by atoms with van der Waals surface area (Å²) in [5.74, 6) is 0.0198. The largest absolute Gasteiger partial charge is 0.496 e. The van der Waals surface area contributed by atoms with E-state index in [-0.39, 0.29) is 23.7 Å². The second kappa shape index (κ2) is 6.99. The Morgan fingerprint density at radius 2 is 1.96 bits per heavy atom. The number of esters is 1. The monoisotopic (exact) mass is 379 g/mol. The predicted molar refractivity (Wildman–Crippen MR) is 105 cm³/mol. The van der Waals surface area contributed by atoms with Crippen LogP contribution in [0.15, 0.2) is 42.6 Å². The van der Waals surface area contributed by atoms with Gasteiger partial charge >= 0.3 is 5.97 Å². The smallest absolute Gasteiger partial charge is 0.309 e. The van der Waals surface area contributed by atoms with Gasteiger partial charge in [0.05, 0.1) is 43.5 Å². The quantitative estimate of drug-likeness (QED) is 0.689. The zero-order valence-electron chi connectivity index (χ0n) is 15.9. The summed E-state index contributed by atoms with van der Waals surface area (Å²) in [5.41, 5.74) is 2.91. The van der Waals surface area contributed by atoms with Gasteiger partial charge in [-0.3, -0.25) is 9.59 Å². The van der Waals surface area contributed by atoms with E-state index in [4.69, 9.17) is 9.47 Å².